The van der Waals surface area contributed by atoms with E-state index in [2.05, 4.69) is 38.0 Å². The number of benzene rings is 1. The van der Waals surface area contributed by atoms with Crippen molar-refractivity contribution in [2.24, 2.45) is 0 Å². The topological polar surface area (TPSA) is 73.0 Å². The van der Waals surface area contributed by atoms with Crippen LogP contribution in [0.15, 0.2) is 51.2 Å². The molecular weight excluding hydrogens is 511 g/mol. The molecule has 0 bridgehead atoms. The zero-order valence-electron chi connectivity index (χ0n) is 14.1. The summed E-state index contributed by atoms with van der Waals surface area (Å²) in [5.74, 6) is 0.912. The molecule has 1 aromatic carbocycles. The zero-order chi connectivity index (χ0) is 20.3. The van der Waals surface area contributed by atoms with Gasteiger partial charge in [-0.3, -0.25) is 9.36 Å². The third-order valence-corrected chi connectivity index (χ3v) is 5.87. The quantitative estimate of drug-likeness (QED) is 0.228. The molecule has 0 atom stereocenters. The summed E-state index contributed by atoms with van der Waals surface area (Å²) >= 11 is 22.4. The van der Waals surface area contributed by atoms with Crippen LogP contribution in [0.5, 0.6) is 0 Å². The zero-order valence-corrected chi connectivity index (χ0v) is 18.8. The first-order valence-corrected chi connectivity index (χ1v) is 10.7. The number of halogens is 4. The van der Waals surface area contributed by atoms with Crippen LogP contribution >= 0.6 is 62.5 Å². The van der Waals surface area contributed by atoms with Crippen molar-refractivity contribution >= 4 is 74.1 Å². The maximum atomic E-state index is 12.3. The molecule has 0 aliphatic rings. The predicted molar refractivity (Wildman–Crippen MR) is 116 cm³/mol. The number of thioether (sulfide) groups is 1. The molecule has 0 unspecified atom stereocenters. The molecule has 0 saturated heterocycles. The molecule has 1 N–H and O–H groups in total. The number of carbonyl (C=O) groups excluding carboxylic acids is 1. The second kappa shape index (κ2) is 9.37. The van der Waals surface area contributed by atoms with Crippen molar-refractivity contribution in [1.82, 2.24) is 14.8 Å². The van der Waals surface area contributed by atoms with E-state index >= 15 is 0 Å². The minimum atomic E-state index is -0.277. The molecule has 0 saturated carbocycles. The minimum Gasteiger partial charge on any atom is -0.446 e. The molecule has 2 aromatic heterocycles. The highest BCUT2D eigenvalue weighted by atomic mass is 79.9. The fraction of sp³-hybridized carbons (Fsp3) is 0.118. The molecule has 2 heterocycles. The standard InChI is InChI=1S/C17H12BrCl3N4O2S/c1-2-5-25-16(13-3-4-14(18)27-13)23-24-17(25)28-8-15(26)22-12-7-10(20)9(19)6-11(12)21/h2-4,6-7H,1,5,8H2,(H,22,26). The fourth-order valence-electron chi connectivity index (χ4n) is 2.24. The van der Waals surface area contributed by atoms with Gasteiger partial charge in [-0.1, -0.05) is 52.6 Å². The number of furan rings is 1. The van der Waals surface area contributed by atoms with Gasteiger partial charge >= 0.3 is 0 Å². The number of anilines is 1. The largest absolute Gasteiger partial charge is 0.446 e. The first kappa shape index (κ1) is 21.3. The Morgan fingerprint density at radius 2 is 2.00 bits per heavy atom. The number of nitrogens with zero attached hydrogens (tertiary/aromatic N) is 3. The Hall–Kier alpha value is -1.45. The van der Waals surface area contributed by atoms with Gasteiger partial charge in [0.15, 0.2) is 15.6 Å². The number of nitrogens with one attached hydrogen (secondary N) is 1. The Labute approximate surface area is 188 Å². The monoisotopic (exact) mass is 520 g/mol. The molecule has 146 valence electrons. The first-order chi connectivity index (χ1) is 13.4. The van der Waals surface area contributed by atoms with E-state index in [0.29, 0.717) is 48.7 Å². The lowest BCUT2D eigenvalue weighted by molar-refractivity contribution is -0.113. The lowest BCUT2D eigenvalue weighted by Gasteiger charge is -2.09. The number of rotatable bonds is 7. The average molecular weight is 523 g/mol. The van der Waals surface area contributed by atoms with Crippen LogP contribution in [0.1, 0.15) is 0 Å². The van der Waals surface area contributed by atoms with Gasteiger partial charge in [0.25, 0.3) is 0 Å². The Morgan fingerprint density at radius 1 is 1.25 bits per heavy atom. The van der Waals surface area contributed by atoms with E-state index in [-0.39, 0.29) is 11.7 Å². The van der Waals surface area contributed by atoms with Crippen LogP contribution < -0.4 is 5.32 Å². The van der Waals surface area contributed by atoms with Gasteiger partial charge in [-0.05, 0) is 40.2 Å². The summed E-state index contributed by atoms with van der Waals surface area (Å²) in [6.45, 7) is 4.21. The highest BCUT2D eigenvalue weighted by Crippen LogP contribution is 2.32. The minimum absolute atomic E-state index is 0.0910. The van der Waals surface area contributed by atoms with Crippen LogP contribution in [0, 0.1) is 0 Å². The van der Waals surface area contributed by atoms with E-state index in [9.17, 15) is 4.79 Å². The van der Waals surface area contributed by atoms with Crippen molar-refractivity contribution in [3.05, 3.63) is 56.7 Å². The van der Waals surface area contributed by atoms with Gasteiger partial charge in [0, 0.05) is 6.54 Å². The van der Waals surface area contributed by atoms with E-state index in [0.717, 1.165) is 0 Å². The van der Waals surface area contributed by atoms with Crippen molar-refractivity contribution in [1.29, 1.82) is 0 Å². The van der Waals surface area contributed by atoms with Crippen LogP contribution in [0.3, 0.4) is 0 Å². The number of amides is 1. The van der Waals surface area contributed by atoms with E-state index in [1.807, 2.05) is 4.57 Å². The molecule has 0 aliphatic carbocycles. The van der Waals surface area contributed by atoms with Gasteiger partial charge in [0.2, 0.25) is 11.7 Å². The summed E-state index contributed by atoms with van der Waals surface area (Å²) in [5, 5.41) is 12.5. The second-order valence-electron chi connectivity index (χ2n) is 5.39. The van der Waals surface area contributed by atoms with Crippen molar-refractivity contribution < 1.29 is 9.21 Å². The van der Waals surface area contributed by atoms with Gasteiger partial charge in [0.1, 0.15) is 0 Å². The van der Waals surface area contributed by atoms with Gasteiger partial charge < -0.3 is 9.73 Å². The molecule has 3 aromatic rings. The number of aromatic nitrogens is 3. The van der Waals surface area contributed by atoms with E-state index in [4.69, 9.17) is 39.2 Å². The van der Waals surface area contributed by atoms with Crippen LogP contribution in [0.4, 0.5) is 5.69 Å². The Kier molecular flexibility index (Phi) is 7.11. The van der Waals surface area contributed by atoms with Crippen molar-refractivity contribution in [2.45, 2.75) is 11.7 Å². The second-order valence-corrected chi connectivity index (χ2v) is 8.34. The Bertz CT molecular complexity index is 1040. The summed E-state index contributed by atoms with van der Waals surface area (Å²) in [6.07, 6.45) is 1.71. The van der Waals surface area contributed by atoms with Crippen LogP contribution in [0.25, 0.3) is 11.6 Å². The number of allylic oxidation sites excluding steroid dienone is 1. The molecule has 3 rings (SSSR count). The van der Waals surface area contributed by atoms with E-state index in [1.165, 1.54) is 23.9 Å². The lowest BCUT2D eigenvalue weighted by Crippen LogP contribution is -2.15. The van der Waals surface area contributed by atoms with Gasteiger partial charge in [-0.15, -0.1) is 16.8 Å². The molecule has 11 heteroatoms. The van der Waals surface area contributed by atoms with Crippen LogP contribution in [-0.2, 0) is 11.3 Å². The van der Waals surface area contributed by atoms with Crippen molar-refractivity contribution in [2.75, 3.05) is 11.1 Å². The Morgan fingerprint density at radius 3 is 2.68 bits per heavy atom. The summed E-state index contributed by atoms with van der Waals surface area (Å²) in [4.78, 5) is 12.3. The number of hydrogen-bond acceptors (Lipinski definition) is 5. The highest BCUT2D eigenvalue weighted by Gasteiger charge is 2.18. The van der Waals surface area contributed by atoms with Crippen molar-refractivity contribution in [3.63, 3.8) is 0 Å². The summed E-state index contributed by atoms with van der Waals surface area (Å²) < 4.78 is 7.93. The predicted octanol–water partition coefficient (Wildman–Crippen LogP) is 6.18. The summed E-state index contributed by atoms with van der Waals surface area (Å²) in [7, 11) is 0. The smallest absolute Gasteiger partial charge is 0.234 e. The maximum absolute atomic E-state index is 12.3. The van der Waals surface area contributed by atoms with Gasteiger partial charge in [-0.2, -0.15) is 0 Å². The fourth-order valence-corrected chi connectivity index (χ4v) is 3.89. The normalized spacial score (nSPS) is 10.9. The maximum Gasteiger partial charge on any atom is 0.234 e. The lowest BCUT2D eigenvalue weighted by atomic mass is 10.3. The first-order valence-electron chi connectivity index (χ1n) is 7.76. The molecule has 6 nitrogen and oxygen atoms in total. The molecule has 28 heavy (non-hydrogen) atoms. The van der Waals surface area contributed by atoms with Crippen molar-refractivity contribution in [3.8, 4) is 11.6 Å². The Balaban J connectivity index is 1.72. The third-order valence-electron chi connectivity index (χ3n) is 3.44. The average Bonchev–Trinajstić information content (AvgIpc) is 3.24. The van der Waals surface area contributed by atoms with Gasteiger partial charge in [-0.25, -0.2) is 0 Å². The third kappa shape index (κ3) is 4.93. The molecule has 0 fully saturated rings. The van der Waals surface area contributed by atoms with Gasteiger partial charge in [0.05, 0.1) is 26.5 Å². The molecule has 0 aliphatic heterocycles. The van der Waals surface area contributed by atoms with E-state index < -0.39 is 0 Å². The number of hydrogen-bond donors (Lipinski definition) is 1. The molecular formula is C17H12BrCl3N4O2S. The number of carbonyl (C=O) groups is 1. The van der Waals surface area contributed by atoms with Crippen LogP contribution in [-0.4, -0.2) is 26.4 Å². The highest BCUT2D eigenvalue weighted by molar-refractivity contribution is 9.10. The van der Waals surface area contributed by atoms with Crippen LogP contribution in [0.2, 0.25) is 15.1 Å². The molecule has 1 amide bonds. The molecule has 0 radical (unpaired) electrons. The summed E-state index contributed by atoms with van der Waals surface area (Å²) in [5.41, 5.74) is 0.385. The summed E-state index contributed by atoms with van der Waals surface area (Å²) in [6, 6.07) is 6.52. The SMILES string of the molecule is C=CCn1c(SCC(=O)Nc2cc(Cl)c(Cl)cc2Cl)nnc1-c1ccc(Br)o1. The molecule has 0 spiro atoms. The van der Waals surface area contributed by atoms with E-state index in [1.54, 1.807) is 18.2 Å².